The smallest absolute Gasteiger partial charge is 0.0113 e. The molecule has 1 atom stereocenters. The number of piperazine rings is 1. The Labute approximate surface area is 151 Å². The highest BCUT2D eigenvalue weighted by atomic mass is 15.3. The number of likely N-dealkylation sites (tertiary alicyclic amines) is 1. The maximum absolute atomic E-state index is 2.78. The molecule has 0 radical (unpaired) electrons. The van der Waals surface area contributed by atoms with E-state index in [1.807, 2.05) is 0 Å². The molecule has 0 saturated carbocycles. The summed E-state index contributed by atoms with van der Waals surface area (Å²) in [6, 6.07) is 1.61. The molecule has 0 aromatic rings. The molecule has 2 fully saturated rings. The van der Waals surface area contributed by atoms with E-state index in [-0.39, 0.29) is 0 Å². The van der Waals surface area contributed by atoms with Crippen LogP contribution in [-0.4, -0.2) is 72.6 Å². The number of hydrogen-bond acceptors (Lipinski definition) is 3. The van der Waals surface area contributed by atoms with Crippen molar-refractivity contribution in [2.45, 2.75) is 84.7 Å². The van der Waals surface area contributed by atoms with Crippen LogP contribution in [0.3, 0.4) is 0 Å². The van der Waals surface area contributed by atoms with Crippen LogP contribution >= 0.6 is 0 Å². The fourth-order valence-electron chi connectivity index (χ4n) is 4.51. The van der Waals surface area contributed by atoms with Gasteiger partial charge in [0, 0.05) is 38.3 Å². The van der Waals surface area contributed by atoms with Gasteiger partial charge in [0.25, 0.3) is 0 Å². The van der Waals surface area contributed by atoms with Crippen molar-refractivity contribution in [1.29, 1.82) is 0 Å². The second-order valence-electron chi connectivity index (χ2n) is 8.85. The summed E-state index contributed by atoms with van der Waals surface area (Å²) in [6.07, 6.45) is 9.94. The van der Waals surface area contributed by atoms with E-state index in [4.69, 9.17) is 0 Å². The van der Waals surface area contributed by atoms with Crippen LogP contribution in [0.4, 0.5) is 0 Å². The first-order chi connectivity index (χ1) is 11.6. The van der Waals surface area contributed by atoms with Crippen LogP contribution < -0.4 is 0 Å². The Balaban J connectivity index is 1.47. The number of nitrogens with zero attached hydrogens (tertiary/aromatic N) is 3. The van der Waals surface area contributed by atoms with Gasteiger partial charge in [-0.3, -0.25) is 4.90 Å². The standard InChI is InChI=1S/C21H43N3/c1-19(2)18-21-10-9-13-24(21)12-8-6-5-7-11-22-14-16-23(17-15-22)20(3)4/h19-21H,5-18H2,1-4H3/t21-/m1/s1. The number of unbranched alkanes of at least 4 members (excludes halogenated alkanes) is 3. The summed E-state index contributed by atoms with van der Waals surface area (Å²) in [6.45, 7) is 18.5. The van der Waals surface area contributed by atoms with E-state index in [0.717, 1.165) is 18.0 Å². The van der Waals surface area contributed by atoms with Crippen LogP contribution in [0.1, 0.15) is 72.6 Å². The van der Waals surface area contributed by atoms with E-state index in [9.17, 15) is 0 Å². The zero-order chi connectivity index (χ0) is 17.4. The van der Waals surface area contributed by atoms with Gasteiger partial charge < -0.3 is 9.80 Å². The Morgan fingerprint density at radius 2 is 1.46 bits per heavy atom. The molecule has 24 heavy (non-hydrogen) atoms. The molecule has 2 saturated heterocycles. The molecule has 2 rings (SSSR count). The molecule has 0 bridgehead atoms. The fourth-order valence-corrected chi connectivity index (χ4v) is 4.51. The Bertz CT molecular complexity index is 321. The average Bonchev–Trinajstić information content (AvgIpc) is 2.97. The molecule has 3 nitrogen and oxygen atoms in total. The van der Waals surface area contributed by atoms with E-state index < -0.39 is 0 Å². The minimum absolute atomic E-state index is 0.720. The zero-order valence-corrected chi connectivity index (χ0v) is 17.0. The minimum atomic E-state index is 0.720. The normalized spacial score (nSPS) is 24.5. The molecule has 3 heteroatoms. The molecule has 142 valence electrons. The lowest BCUT2D eigenvalue weighted by Crippen LogP contribution is -2.48. The van der Waals surface area contributed by atoms with Crippen molar-refractivity contribution in [1.82, 2.24) is 14.7 Å². The summed E-state index contributed by atoms with van der Waals surface area (Å²) in [5, 5.41) is 0. The Hall–Kier alpha value is -0.120. The quantitative estimate of drug-likeness (QED) is 0.556. The van der Waals surface area contributed by atoms with Gasteiger partial charge >= 0.3 is 0 Å². The third kappa shape index (κ3) is 7.01. The molecule has 0 unspecified atom stereocenters. The van der Waals surface area contributed by atoms with Crippen LogP contribution in [0.25, 0.3) is 0 Å². The highest BCUT2D eigenvalue weighted by Gasteiger charge is 2.24. The lowest BCUT2D eigenvalue weighted by Gasteiger charge is -2.36. The summed E-state index contributed by atoms with van der Waals surface area (Å²) in [7, 11) is 0. The van der Waals surface area contributed by atoms with Crippen molar-refractivity contribution in [3.05, 3.63) is 0 Å². The van der Waals surface area contributed by atoms with Gasteiger partial charge in [0.05, 0.1) is 0 Å². The molecule has 0 N–H and O–H groups in total. The Kier molecular flexibility index (Phi) is 9.07. The van der Waals surface area contributed by atoms with Crippen LogP contribution in [0, 0.1) is 5.92 Å². The van der Waals surface area contributed by atoms with Crippen molar-refractivity contribution < 1.29 is 0 Å². The van der Waals surface area contributed by atoms with E-state index >= 15 is 0 Å². The van der Waals surface area contributed by atoms with Crippen LogP contribution in [0.2, 0.25) is 0 Å². The van der Waals surface area contributed by atoms with Crippen LogP contribution in [-0.2, 0) is 0 Å². The van der Waals surface area contributed by atoms with Crippen molar-refractivity contribution >= 4 is 0 Å². The summed E-state index contributed by atoms with van der Waals surface area (Å²) < 4.78 is 0. The van der Waals surface area contributed by atoms with E-state index in [0.29, 0.717) is 0 Å². The SMILES string of the molecule is CC(C)C[C@H]1CCCN1CCCCCCN1CCN(C(C)C)CC1. The fraction of sp³-hybridized carbons (Fsp3) is 1.00. The lowest BCUT2D eigenvalue weighted by atomic mass is 10.0. The molecule has 2 heterocycles. The van der Waals surface area contributed by atoms with Gasteiger partial charge in [-0.1, -0.05) is 26.7 Å². The topological polar surface area (TPSA) is 9.72 Å². The van der Waals surface area contributed by atoms with Crippen molar-refractivity contribution in [3.63, 3.8) is 0 Å². The van der Waals surface area contributed by atoms with E-state index in [2.05, 4.69) is 42.4 Å². The second-order valence-corrected chi connectivity index (χ2v) is 8.85. The highest BCUT2D eigenvalue weighted by molar-refractivity contribution is 4.80. The van der Waals surface area contributed by atoms with Gasteiger partial charge in [-0.05, 0) is 71.5 Å². The summed E-state index contributed by atoms with van der Waals surface area (Å²) >= 11 is 0. The molecule has 2 aliphatic heterocycles. The summed E-state index contributed by atoms with van der Waals surface area (Å²) in [5.41, 5.74) is 0. The van der Waals surface area contributed by atoms with E-state index in [1.54, 1.807) is 0 Å². The first-order valence-corrected chi connectivity index (χ1v) is 10.8. The van der Waals surface area contributed by atoms with Gasteiger partial charge in [-0.15, -0.1) is 0 Å². The molecule has 0 aromatic heterocycles. The third-order valence-corrected chi connectivity index (χ3v) is 6.05. The van der Waals surface area contributed by atoms with Crippen molar-refractivity contribution in [2.24, 2.45) is 5.92 Å². The van der Waals surface area contributed by atoms with Gasteiger partial charge in [-0.2, -0.15) is 0 Å². The maximum atomic E-state index is 2.78. The molecule has 2 aliphatic rings. The molecule has 0 amide bonds. The largest absolute Gasteiger partial charge is 0.301 e. The first kappa shape index (κ1) is 20.2. The Morgan fingerprint density at radius 1 is 0.792 bits per heavy atom. The van der Waals surface area contributed by atoms with Gasteiger partial charge in [0.1, 0.15) is 0 Å². The summed E-state index contributed by atoms with van der Waals surface area (Å²) in [5.74, 6) is 0.853. The van der Waals surface area contributed by atoms with Crippen molar-refractivity contribution in [3.8, 4) is 0 Å². The van der Waals surface area contributed by atoms with Crippen LogP contribution in [0.15, 0.2) is 0 Å². The molecule has 0 aliphatic carbocycles. The van der Waals surface area contributed by atoms with Crippen molar-refractivity contribution in [2.75, 3.05) is 45.8 Å². The lowest BCUT2D eigenvalue weighted by molar-refractivity contribution is 0.107. The second kappa shape index (κ2) is 10.8. The molecular weight excluding hydrogens is 294 g/mol. The predicted molar refractivity (Wildman–Crippen MR) is 106 cm³/mol. The zero-order valence-electron chi connectivity index (χ0n) is 17.0. The van der Waals surface area contributed by atoms with Gasteiger partial charge in [0.15, 0.2) is 0 Å². The van der Waals surface area contributed by atoms with Crippen LogP contribution in [0.5, 0.6) is 0 Å². The number of rotatable bonds is 10. The number of hydrogen-bond donors (Lipinski definition) is 0. The monoisotopic (exact) mass is 337 g/mol. The third-order valence-electron chi connectivity index (χ3n) is 6.05. The van der Waals surface area contributed by atoms with Gasteiger partial charge in [0.2, 0.25) is 0 Å². The van der Waals surface area contributed by atoms with Gasteiger partial charge in [-0.25, -0.2) is 0 Å². The maximum Gasteiger partial charge on any atom is 0.0113 e. The molecule has 0 spiro atoms. The average molecular weight is 338 g/mol. The summed E-state index contributed by atoms with van der Waals surface area (Å²) in [4.78, 5) is 8.07. The minimum Gasteiger partial charge on any atom is -0.301 e. The highest BCUT2D eigenvalue weighted by Crippen LogP contribution is 2.23. The molecular formula is C21H43N3. The molecule has 0 aromatic carbocycles. The Morgan fingerprint density at radius 3 is 2.08 bits per heavy atom. The van der Waals surface area contributed by atoms with E-state index in [1.165, 1.54) is 90.8 Å². The first-order valence-electron chi connectivity index (χ1n) is 10.8. The predicted octanol–water partition coefficient (Wildman–Crippen LogP) is 4.08.